The molecule has 0 bridgehead atoms. The zero-order valence-corrected chi connectivity index (χ0v) is 19.3. The SMILES string of the molecule is CCC(C/C=C/c1ccn2c(c1)nc1ccc(C)cc12)CS(=O)(=O)C1=CCC(C)C=C1. The third-order valence-corrected chi connectivity index (χ3v) is 7.97. The molecule has 0 saturated carbocycles. The molecule has 4 rings (SSSR count). The van der Waals surface area contributed by atoms with E-state index in [-0.39, 0.29) is 11.7 Å². The minimum absolute atomic E-state index is 0.107. The highest BCUT2D eigenvalue weighted by Crippen LogP contribution is 2.24. The number of nitrogens with zero attached hydrogens (tertiary/aromatic N) is 2. The summed E-state index contributed by atoms with van der Waals surface area (Å²) < 4.78 is 27.7. The summed E-state index contributed by atoms with van der Waals surface area (Å²) in [5, 5.41) is 0. The zero-order valence-electron chi connectivity index (χ0n) is 18.5. The number of hydrogen-bond acceptors (Lipinski definition) is 3. The van der Waals surface area contributed by atoms with Crippen molar-refractivity contribution in [3.8, 4) is 0 Å². The molecule has 1 aliphatic carbocycles. The Labute approximate surface area is 184 Å². The van der Waals surface area contributed by atoms with Crippen molar-refractivity contribution in [2.24, 2.45) is 11.8 Å². The van der Waals surface area contributed by atoms with Gasteiger partial charge in [-0.1, -0.05) is 50.6 Å². The maximum Gasteiger partial charge on any atom is 0.178 e. The minimum Gasteiger partial charge on any atom is -0.300 e. The second-order valence-corrected chi connectivity index (χ2v) is 10.7. The first-order valence-electron chi connectivity index (χ1n) is 11.0. The molecule has 5 heteroatoms. The Bertz CT molecular complexity index is 1300. The van der Waals surface area contributed by atoms with Gasteiger partial charge in [0.1, 0.15) is 5.65 Å². The van der Waals surface area contributed by atoms with Crippen molar-refractivity contribution < 1.29 is 8.42 Å². The number of rotatable bonds is 7. The maximum atomic E-state index is 12.8. The molecule has 2 unspecified atom stereocenters. The van der Waals surface area contributed by atoms with Crippen molar-refractivity contribution in [3.05, 3.63) is 76.9 Å². The molecule has 2 heterocycles. The summed E-state index contributed by atoms with van der Waals surface area (Å²) in [6, 6.07) is 10.4. The Morgan fingerprint density at radius 1 is 1.26 bits per heavy atom. The van der Waals surface area contributed by atoms with Crippen LogP contribution in [0, 0.1) is 18.8 Å². The summed E-state index contributed by atoms with van der Waals surface area (Å²) >= 11 is 0. The monoisotopic (exact) mass is 434 g/mol. The Morgan fingerprint density at radius 3 is 2.84 bits per heavy atom. The molecule has 0 aliphatic heterocycles. The molecular weight excluding hydrogens is 404 g/mol. The quantitative estimate of drug-likeness (QED) is 0.450. The van der Waals surface area contributed by atoms with Gasteiger partial charge in [-0.05, 0) is 73.1 Å². The minimum atomic E-state index is -3.23. The number of pyridine rings is 1. The number of fused-ring (bicyclic) bond motifs is 3. The molecule has 0 amide bonds. The number of benzene rings is 1. The lowest BCUT2D eigenvalue weighted by atomic mass is 10.0. The van der Waals surface area contributed by atoms with Gasteiger partial charge in [0, 0.05) is 6.20 Å². The maximum absolute atomic E-state index is 12.8. The van der Waals surface area contributed by atoms with Gasteiger partial charge in [-0.15, -0.1) is 0 Å². The number of aromatic nitrogens is 2. The molecule has 0 spiro atoms. The van der Waals surface area contributed by atoms with E-state index in [2.05, 4.69) is 73.9 Å². The Kier molecular flexibility index (Phi) is 6.15. The topological polar surface area (TPSA) is 51.4 Å². The first kappa shape index (κ1) is 21.6. The lowest BCUT2D eigenvalue weighted by Crippen LogP contribution is -2.17. The van der Waals surface area contributed by atoms with Gasteiger partial charge in [-0.25, -0.2) is 13.4 Å². The predicted octanol–water partition coefficient (Wildman–Crippen LogP) is 6.12. The van der Waals surface area contributed by atoms with Gasteiger partial charge in [-0.2, -0.15) is 0 Å². The molecule has 0 fully saturated rings. The highest BCUT2D eigenvalue weighted by atomic mass is 32.2. The van der Waals surface area contributed by atoms with Crippen molar-refractivity contribution in [3.63, 3.8) is 0 Å². The van der Waals surface area contributed by atoms with Crippen molar-refractivity contribution in [1.82, 2.24) is 9.38 Å². The van der Waals surface area contributed by atoms with Crippen LogP contribution in [-0.2, 0) is 9.84 Å². The van der Waals surface area contributed by atoms with Crippen LogP contribution in [0.5, 0.6) is 0 Å². The molecule has 0 radical (unpaired) electrons. The highest BCUT2D eigenvalue weighted by molar-refractivity contribution is 7.95. The zero-order chi connectivity index (χ0) is 22.0. The van der Waals surface area contributed by atoms with Crippen LogP contribution in [0.4, 0.5) is 0 Å². The van der Waals surface area contributed by atoms with Crippen LogP contribution in [0.1, 0.15) is 44.2 Å². The molecule has 3 aromatic rings. The van der Waals surface area contributed by atoms with Crippen LogP contribution in [0.15, 0.2) is 65.7 Å². The summed E-state index contributed by atoms with van der Waals surface area (Å²) in [6.07, 6.45) is 14.2. The van der Waals surface area contributed by atoms with E-state index in [9.17, 15) is 8.42 Å². The molecule has 1 aromatic carbocycles. The standard InChI is InChI=1S/C26H30N2O2S/c1-4-21(18-31(29,30)23-11-8-19(2)9-12-23)6-5-7-22-14-15-28-25-16-20(3)10-13-24(25)27-26(28)17-22/h5,7-8,10-17,19,21H,4,6,9,18H2,1-3H3/b7-5+. The van der Waals surface area contributed by atoms with Crippen LogP contribution in [0.2, 0.25) is 0 Å². The Balaban J connectivity index is 1.46. The van der Waals surface area contributed by atoms with Crippen molar-refractivity contribution in [1.29, 1.82) is 0 Å². The summed E-state index contributed by atoms with van der Waals surface area (Å²) in [4.78, 5) is 5.21. The molecule has 0 saturated heterocycles. The van der Waals surface area contributed by atoms with E-state index in [1.165, 1.54) is 5.56 Å². The molecule has 2 aromatic heterocycles. The van der Waals surface area contributed by atoms with E-state index in [0.717, 1.165) is 41.5 Å². The predicted molar refractivity (Wildman–Crippen MR) is 130 cm³/mol. The van der Waals surface area contributed by atoms with Gasteiger partial charge in [0.15, 0.2) is 9.84 Å². The summed E-state index contributed by atoms with van der Waals surface area (Å²) in [5.41, 5.74) is 5.31. The molecule has 0 N–H and O–H groups in total. The first-order chi connectivity index (χ1) is 14.9. The number of imidazole rings is 1. The molecule has 2 atom stereocenters. The molecular formula is C26H30N2O2S. The second-order valence-electron chi connectivity index (χ2n) is 8.66. The Morgan fingerprint density at radius 2 is 2.10 bits per heavy atom. The average Bonchev–Trinajstić information content (AvgIpc) is 3.10. The van der Waals surface area contributed by atoms with Crippen LogP contribution in [0.3, 0.4) is 0 Å². The van der Waals surface area contributed by atoms with Crippen LogP contribution < -0.4 is 0 Å². The van der Waals surface area contributed by atoms with Crippen molar-refractivity contribution in [2.75, 3.05) is 5.75 Å². The Hall–Kier alpha value is -2.66. The van der Waals surface area contributed by atoms with Gasteiger partial charge < -0.3 is 0 Å². The van der Waals surface area contributed by atoms with E-state index in [1.54, 1.807) is 6.08 Å². The summed E-state index contributed by atoms with van der Waals surface area (Å²) in [6.45, 7) is 6.24. The van der Waals surface area contributed by atoms with Gasteiger partial charge in [-0.3, -0.25) is 4.40 Å². The van der Waals surface area contributed by atoms with Crippen LogP contribution in [0.25, 0.3) is 22.8 Å². The number of hydrogen-bond donors (Lipinski definition) is 0. The summed E-state index contributed by atoms with van der Waals surface area (Å²) in [5.74, 6) is 0.719. The van der Waals surface area contributed by atoms with Crippen molar-refractivity contribution in [2.45, 2.75) is 40.0 Å². The van der Waals surface area contributed by atoms with Gasteiger partial charge in [0.2, 0.25) is 0 Å². The fourth-order valence-corrected chi connectivity index (χ4v) is 5.86. The summed E-state index contributed by atoms with van der Waals surface area (Å²) in [7, 11) is -3.23. The lowest BCUT2D eigenvalue weighted by molar-refractivity contribution is 0.545. The second kappa shape index (κ2) is 8.83. The number of allylic oxidation sites excluding steroid dienone is 4. The fourth-order valence-electron chi connectivity index (χ4n) is 4.04. The van der Waals surface area contributed by atoms with E-state index < -0.39 is 9.84 Å². The normalized spacial score (nSPS) is 18.2. The van der Waals surface area contributed by atoms with Crippen LogP contribution in [-0.4, -0.2) is 23.6 Å². The average molecular weight is 435 g/mol. The largest absolute Gasteiger partial charge is 0.300 e. The van der Waals surface area contributed by atoms with Gasteiger partial charge >= 0.3 is 0 Å². The van der Waals surface area contributed by atoms with Gasteiger partial charge in [0.25, 0.3) is 0 Å². The lowest BCUT2D eigenvalue weighted by Gasteiger charge is -2.16. The molecule has 31 heavy (non-hydrogen) atoms. The highest BCUT2D eigenvalue weighted by Gasteiger charge is 2.22. The van der Waals surface area contributed by atoms with E-state index in [0.29, 0.717) is 10.8 Å². The third kappa shape index (κ3) is 4.82. The van der Waals surface area contributed by atoms with Crippen LogP contribution >= 0.6 is 0 Å². The molecule has 4 nitrogen and oxygen atoms in total. The van der Waals surface area contributed by atoms with E-state index in [1.807, 2.05) is 12.2 Å². The van der Waals surface area contributed by atoms with Gasteiger partial charge in [0.05, 0.1) is 21.7 Å². The number of sulfone groups is 1. The number of aryl methyl sites for hydroxylation is 1. The molecule has 162 valence electrons. The smallest absolute Gasteiger partial charge is 0.178 e. The van der Waals surface area contributed by atoms with E-state index >= 15 is 0 Å². The fraction of sp³-hybridized carbons (Fsp3) is 0.346. The van der Waals surface area contributed by atoms with E-state index in [4.69, 9.17) is 4.98 Å². The third-order valence-electron chi connectivity index (χ3n) is 6.04. The molecule has 1 aliphatic rings. The van der Waals surface area contributed by atoms with Crippen molar-refractivity contribution >= 4 is 32.6 Å². The first-order valence-corrected chi connectivity index (χ1v) is 12.7.